The van der Waals surface area contributed by atoms with Crippen molar-refractivity contribution in [3.8, 4) is 17.3 Å². The van der Waals surface area contributed by atoms with Crippen LogP contribution in [0, 0.1) is 11.3 Å². The zero-order valence-corrected chi connectivity index (χ0v) is 17.0. The van der Waals surface area contributed by atoms with Gasteiger partial charge < -0.3 is 5.32 Å². The number of thioether (sulfide) groups is 1. The van der Waals surface area contributed by atoms with Crippen molar-refractivity contribution in [3.63, 3.8) is 0 Å². The van der Waals surface area contributed by atoms with Crippen LogP contribution in [0.5, 0.6) is 0 Å². The van der Waals surface area contributed by atoms with Gasteiger partial charge in [0.15, 0.2) is 0 Å². The van der Waals surface area contributed by atoms with Crippen LogP contribution in [0.4, 0.5) is 5.69 Å². The third kappa shape index (κ3) is 5.26. The molecule has 0 radical (unpaired) electrons. The Labute approximate surface area is 177 Å². The number of amides is 1. The Kier molecular flexibility index (Phi) is 6.94. The lowest BCUT2D eigenvalue weighted by Gasteiger charge is -2.09. The second-order valence-corrected chi connectivity index (χ2v) is 7.73. The summed E-state index contributed by atoms with van der Waals surface area (Å²) in [5.41, 5.74) is 2.73. The van der Waals surface area contributed by atoms with Crippen molar-refractivity contribution in [2.24, 2.45) is 0 Å². The van der Waals surface area contributed by atoms with Crippen molar-refractivity contribution in [1.82, 2.24) is 4.98 Å². The fraction of sp³-hybridized carbons (Fsp3) is 0.0952. The quantitative estimate of drug-likeness (QED) is 0.486. The molecule has 0 spiro atoms. The van der Waals surface area contributed by atoms with Gasteiger partial charge in [-0.2, -0.15) is 5.26 Å². The highest BCUT2D eigenvalue weighted by atomic mass is 35.5. The SMILES string of the molecule is N#Cc1ccc(-c2ccccc2)nc1SCCC(=O)Nc1cc(Cl)ccc1Cl. The van der Waals surface area contributed by atoms with Crippen molar-refractivity contribution in [3.05, 3.63) is 76.3 Å². The van der Waals surface area contributed by atoms with Crippen LogP contribution in [0.1, 0.15) is 12.0 Å². The minimum Gasteiger partial charge on any atom is -0.325 e. The second kappa shape index (κ2) is 9.61. The lowest BCUT2D eigenvalue weighted by atomic mass is 10.1. The lowest BCUT2D eigenvalue weighted by molar-refractivity contribution is -0.115. The number of halogens is 2. The van der Waals surface area contributed by atoms with Crippen molar-refractivity contribution in [2.45, 2.75) is 11.4 Å². The van der Waals surface area contributed by atoms with E-state index < -0.39 is 0 Å². The topological polar surface area (TPSA) is 65.8 Å². The molecule has 1 aromatic heterocycles. The Bertz CT molecular complexity index is 1040. The smallest absolute Gasteiger partial charge is 0.225 e. The van der Waals surface area contributed by atoms with Crippen LogP contribution in [0.2, 0.25) is 10.0 Å². The maximum atomic E-state index is 12.2. The number of carbonyl (C=O) groups excluding carboxylic acids is 1. The fourth-order valence-electron chi connectivity index (χ4n) is 2.45. The van der Waals surface area contributed by atoms with E-state index in [1.54, 1.807) is 24.3 Å². The highest BCUT2D eigenvalue weighted by Gasteiger charge is 2.11. The molecule has 1 heterocycles. The first-order chi connectivity index (χ1) is 13.6. The first kappa shape index (κ1) is 20.2. The number of benzene rings is 2. The molecule has 2 aromatic carbocycles. The molecule has 3 aromatic rings. The van der Waals surface area contributed by atoms with E-state index in [1.165, 1.54) is 11.8 Å². The number of nitrogens with one attached hydrogen (secondary N) is 1. The Morgan fingerprint density at radius 2 is 1.89 bits per heavy atom. The Hall–Kier alpha value is -2.52. The van der Waals surface area contributed by atoms with Crippen LogP contribution >= 0.6 is 35.0 Å². The van der Waals surface area contributed by atoms with Crippen molar-refractivity contribution >= 4 is 46.6 Å². The summed E-state index contributed by atoms with van der Waals surface area (Å²) in [7, 11) is 0. The molecule has 3 rings (SSSR count). The highest BCUT2D eigenvalue weighted by molar-refractivity contribution is 7.99. The maximum Gasteiger partial charge on any atom is 0.225 e. The van der Waals surface area contributed by atoms with Crippen LogP contribution in [-0.2, 0) is 4.79 Å². The molecular formula is C21H15Cl2N3OS. The Balaban J connectivity index is 1.64. The van der Waals surface area contributed by atoms with Crippen molar-refractivity contribution in [1.29, 1.82) is 5.26 Å². The van der Waals surface area contributed by atoms with E-state index in [0.717, 1.165) is 11.3 Å². The van der Waals surface area contributed by atoms with Gasteiger partial charge in [-0.05, 0) is 30.3 Å². The molecule has 0 aliphatic heterocycles. The summed E-state index contributed by atoms with van der Waals surface area (Å²) in [5, 5.41) is 13.6. The number of nitriles is 1. The van der Waals surface area contributed by atoms with E-state index in [9.17, 15) is 10.1 Å². The number of carbonyl (C=O) groups is 1. The summed E-state index contributed by atoms with van der Waals surface area (Å²) in [6.45, 7) is 0. The van der Waals surface area contributed by atoms with E-state index >= 15 is 0 Å². The summed E-state index contributed by atoms with van der Waals surface area (Å²) >= 11 is 13.4. The molecule has 0 fully saturated rings. The zero-order chi connectivity index (χ0) is 19.9. The molecule has 1 N–H and O–H groups in total. The van der Waals surface area contributed by atoms with Crippen LogP contribution in [0.25, 0.3) is 11.3 Å². The third-order valence-corrected chi connectivity index (χ3v) is 5.38. The molecule has 0 atom stereocenters. The van der Waals surface area contributed by atoms with Gasteiger partial charge in [0.1, 0.15) is 11.1 Å². The van der Waals surface area contributed by atoms with Crippen LogP contribution < -0.4 is 5.32 Å². The lowest BCUT2D eigenvalue weighted by Crippen LogP contribution is -2.12. The number of rotatable bonds is 6. The molecule has 0 aliphatic rings. The molecule has 7 heteroatoms. The van der Waals surface area contributed by atoms with Crippen molar-refractivity contribution < 1.29 is 4.79 Å². The summed E-state index contributed by atoms with van der Waals surface area (Å²) in [6, 6.07) is 20.4. The molecule has 1 amide bonds. The highest BCUT2D eigenvalue weighted by Crippen LogP contribution is 2.27. The third-order valence-electron chi connectivity index (χ3n) is 3.82. The first-order valence-corrected chi connectivity index (χ1v) is 10.2. The summed E-state index contributed by atoms with van der Waals surface area (Å²) in [6.07, 6.45) is 0.246. The van der Waals surface area contributed by atoms with E-state index in [1.807, 2.05) is 36.4 Å². The predicted molar refractivity (Wildman–Crippen MR) is 115 cm³/mol. The number of pyridine rings is 1. The van der Waals surface area contributed by atoms with Gasteiger partial charge in [0.25, 0.3) is 0 Å². The second-order valence-electron chi connectivity index (χ2n) is 5.80. The summed E-state index contributed by atoms with van der Waals surface area (Å²) in [5.74, 6) is 0.290. The normalized spacial score (nSPS) is 10.3. The van der Waals surface area contributed by atoms with Gasteiger partial charge in [-0.25, -0.2) is 4.98 Å². The first-order valence-electron chi connectivity index (χ1n) is 8.41. The van der Waals surface area contributed by atoms with Crippen molar-refractivity contribution in [2.75, 3.05) is 11.1 Å². The molecule has 4 nitrogen and oxygen atoms in total. The monoisotopic (exact) mass is 427 g/mol. The fourth-order valence-corrected chi connectivity index (χ4v) is 3.70. The number of hydrogen-bond acceptors (Lipinski definition) is 4. The largest absolute Gasteiger partial charge is 0.325 e. The van der Waals surface area contributed by atoms with Gasteiger partial charge in [0.2, 0.25) is 5.91 Å². The maximum absolute atomic E-state index is 12.2. The van der Waals surface area contributed by atoms with Crippen LogP contribution in [0.3, 0.4) is 0 Å². The van der Waals surface area contributed by atoms with Crippen LogP contribution in [-0.4, -0.2) is 16.6 Å². The number of anilines is 1. The summed E-state index contributed by atoms with van der Waals surface area (Å²) in [4.78, 5) is 16.8. The van der Waals surface area contributed by atoms with E-state index in [0.29, 0.717) is 32.1 Å². The number of nitrogens with zero attached hydrogens (tertiary/aromatic N) is 2. The molecule has 28 heavy (non-hydrogen) atoms. The van der Waals surface area contributed by atoms with Gasteiger partial charge in [-0.1, -0.05) is 53.5 Å². The number of hydrogen-bond donors (Lipinski definition) is 1. The van der Waals surface area contributed by atoms with Gasteiger partial charge in [-0.3, -0.25) is 4.79 Å². The Morgan fingerprint density at radius 1 is 1.11 bits per heavy atom. The average Bonchev–Trinajstić information content (AvgIpc) is 2.71. The number of aromatic nitrogens is 1. The summed E-state index contributed by atoms with van der Waals surface area (Å²) < 4.78 is 0. The predicted octanol–water partition coefficient (Wildman–Crippen LogP) is 6.05. The molecule has 0 unspecified atom stereocenters. The molecular weight excluding hydrogens is 413 g/mol. The molecule has 140 valence electrons. The van der Waals surface area contributed by atoms with Gasteiger partial charge in [0.05, 0.1) is 22.0 Å². The van der Waals surface area contributed by atoms with Gasteiger partial charge in [-0.15, -0.1) is 11.8 Å². The van der Waals surface area contributed by atoms with E-state index in [2.05, 4.69) is 16.4 Å². The molecule has 0 bridgehead atoms. The standard InChI is InChI=1S/C21H15Cl2N3OS/c22-16-7-8-17(23)19(12-16)25-20(27)10-11-28-21-15(13-24)6-9-18(26-21)14-4-2-1-3-5-14/h1-9,12H,10-11H2,(H,25,27). The Morgan fingerprint density at radius 3 is 2.64 bits per heavy atom. The average molecular weight is 428 g/mol. The van der Waals surface area contributed by atoms with E-state index in [-0.39, 0.29) is 12.3 Å². The van der Waals surface area contributed by atoms with Gasteiger partial charge >= 0.3 is 0 Å². The molecule has 0 saturated carbocycles. The van der Waals surface area contributed by atoms with E-state index in [4.69, 9.17) is 23.2 Å². The zero-order valence-electron chi connectivity index (χ0n) is 14.7. The minimum atomic E-state index is -0.186. The van der Waals surface area contributed by atoms with Gasteiger partial charge in [0, 0.05) is 22.8 Å². The minimum absolute atomic E-state index is 0.186. The van der Waals surface area contributed by atoms with Crippen LogP contribution in [0.15, 0.2) is 65.7 Å². The molecule has 0 aliphatic carbocycles. The molecule has 0 saturated heterocycles.